The first-order valence-corrected chi connectivity index (χ1v) is 6.94. The lowest BCUT2D eigenvalue weighted by molar-refractivity contribution is 0.411. The van der Waals surface area contributed by atoms with Gasteiger partial charge in [0.05, 0.1) is 0 Å². The fraction of sp³-hybridized carbons (Fsp3) is 0.200. The van der Waals surface area contributed by atoms with Gasteiger partial charge in [-0.05, 0) is 12.1 Å². The van der Waals surface area contributed by atoms with Crippen molar-refractivity contribution in [3.05, 3.63) is 24.0 Å². The maximum absolute atomic E-state index is 11.1. The zero-order chi connectivity index (χ0) is 13.3. The zero-order valence-electron chi connectivity index (χ0n) is 9.36. The molecule has 1 heterocycles. The summed E-state index contributed by atoms with van der Waals surface area (Å²) < 4.78 is 26.9. The molecule has 0 saturated carbocycles. The van der Waals surface area contributed by atoms with Crippen LogP contribution in [-0.4, -0.2) is 35.0 Å². The molecule has 0 aliphatic carbocycles. The average Bonchev–Trinajstić information content (AvgIpc) is 2.63. The van der Waals surface area contributed by atoms with E-state index in [-0.39, 0.29) is 34.5 Å². The van der Waals surface area contributed by atoms with Crippen LogP contribution in [0.1, 0.15) is 5.82 Å². The van der Waals surface area contributed by atoms with Crippen LogP contribution in [0.15, 0.2) is 22.7 Å². The third-order valence-electron chi connectivity index (χ3n) is 2.09. The van der Waals surface area contributed by atoms with Gasteiger partial charge in [-0.3, -0.25) is 0 Å². The number of rotatable bonds is 3. The van der Waals surface area contributed by atoms with E-state index in [0.717, 1.165) is 6.26 Å². The number of benzene rings is 1. The predicted octanol–water partition coefficient (Wildman–Crippen LogP) is 0.692. The minimum Gasteiger partial charge on any atom is -0.507 e. The third-order valence-corrected chi connectivity index (χ3v) is 2.88. The number of aromatic nitrogens is 2. The SMILES string of the molecule is CS(=O)(=O)Cc1noc(-c2c(O)cccc2O)n1. The van der Waals surface area contributed by atoms with Gasteiger partial charge in [-0.1, -0.05) is 11.2 Å². The highest BCUT2D eigenvalue weighted by atomic mass is 32.2. The van der Waals surface area contributed by atoms with Crippen LogP contribution < -0.4 is 0 Å². The molecule has 0 aliphatic heterocycles. The molecule has 1 aromatic heterocycles. The van der Waals surface area contributed by atoms with Gasteiger partial charge in [-0.25, -0.2) is 8.42 Å². The molecule has 2 aromatic rings. The highest BCUT2D eigenvalue weighted by Gasteiger charge is 2.18. The van der Waals surface area contributed by atoms with Crippen molar-refractivity contribution in [3.8, 4) is 23.0 Å². The second kappa shape index (κ2) is 4.30. The minimum atomic E-state index is -3.28. The summed E-state index contributed by atoms with van der Waals surface area (Å²) in [5.74, 6) is -1.00. The molecule has 1 aromatic carbocycles. The van der Waals surface area contributed by atoms with E-state index >= 15 is 0 Å². The normalized spacial score (nSPS) is 11.6. The minimum absolute atomic E-state index is 0.0234. The Morgan fingerprint density at radius 2 is 1.89 bits per heavy atom. The number of aromatic hydroxyl groups is 2. The summed E-state index contributed by atoms with van der Waals surface area (Å²) in [7, 11) is -3.28. The molecule has 2 N–H and O–H groups in total. The Morgan fingerprint density at radius 3 is 2.44 bits per heavy atom. The van der Waals surface area contributed by atoms with Crippen molar-refractivity contribution in [2.45, 2.75) is 5.75 Å². The maximum Gasteiger partial charge on any atom is 0.265 e. The van der Waals surface area contributed by atoms with E-state index in [9.17, 15) is 18.6 Å². The Morgan fingerprint density at radius 1 is 1.28 bits per heavy atom. The third kappa shape index (κ3) is 2.59. The molecule has 8 heteroatoms. The van der Waals surface area contributed by atoms with Crippen LogP contribution in [0.4, 0.5) is 0 Å². The number of hydrogen-bond donors (Lipinski definition) is 2. The monoisotopic (exact) mass is 270 g/mol. The average molecular weight is 270 g/mol. The molecular formula is C10H10N2O5S. The van der Waals surface area contributed by atoms with Gasteiger partial charge < -0.3 is 14.7 Å². The molecule has 2 rings (SSSR count). The van der Waals surface area contributed by atoms with E-state index in [1.807, 2.05) is 0 Å². The molecule has 18 heavy (non-hydrogen) atoms. The Balaban J connectivity index is 2.42. The van der Waals surface area contributed by atoms with Gasteiger partial charge >= 0.3 is 0 Å². The number of nitrogens with zero attached hydrogens (tertiary/aromatic N) is 2. The smallest absolute Gasteiger partial charge is 0.265 e. The number of sulfone groups is 1. The van der Waals surface area contributed by atoms with E-state index in [0.29, 0.717) is 0 Å². The van der Waals surface area contributed by atoms with Crippen molar-refractivity contribution in [3.63, 3.8) is 0 Å². The Labute approximate surface area is 103 Å². The second-order valence-corrected chi connectivity index (χ2v) is 5.90. The zero-order valence-corrected chi connectivity index (χ0v) is 10.2. The summed E-state index contributed by atoms with van der Waals surface area (Å²) in [5, 5.41) is 22.6. The highest BCUT2D eigenvalue weighted by Crippen LogP contribution is 2.35. The molecule has 0 spiro atoms. The lowest BCUT2D eigenvalue weighted by atomic mass is 10.2. The molecule has 0 amide bonds. The summed E-state index contributed by atoms with van der Waals surface area (Å²) in [5.41, 5.74) is -0.0234. The van der Waals surface area contributed by atoms with Gasteiger partial charge in [0.1, 0.15) is 22.8 Å². The van der Waals surface area contributed by atoms with Gasteiger partial charge in [0.25, 0.3) is 5.89 Å². The van der Waals surface area contributed by atoms with Crippen molar-refractivity contribution in [2.24, 2.45) is 0 Å². The van der Waals surface area contributed by atoms with Crippen LogP contribution in [0.25, 0.3) is 11.5 Å². The summed E-state index contributed by atoms with van der Waals surface area (Å²) in [6, 6.07) is 4.13. The first-order chi connectivity index (χ1) is 8.37. The molecule has 0 atom stereocenters. The van der Waals surface area contributed by atoms with Crippen LogP contribution in [0.2, 0.25) is 0 Å². The molecule has 0 saturated heterocycles. The van der Waals surface area contributed by atoms with E-state index in [4.69, 9.17) is 4.52 Å². The number of hydrogen-bond acceptors (Lipinski definition) is 7. The quantitative estimate of drug-likeness (QED) is 0.843. The topological polar surface area (TPSA) is 114 Å². The maximum atomic E-state index is 11.1. The van der Waals surface area contributed by atoms with Gasteiger partial charge in [0.15, 0.2) is 15.7 Å². The van der Waals surface area contributed by atoms with Crippen molar-refractivity contribution >= 4 is 9.84 Å². The lowest BCUT2D eigenvalue weighted by Crippen LogP contribution is -2.02. The lowest BCUT2D eigenvalue weighted by Gasteiger charge is -2.00. The van der Waals surface area contributed by atoms with Crippen LogP contribution in [0, 0.1) is 0 Å². The summed E-state index contributed by atoms with van der Waals surface area (Å²) >= 11 is 0. The fourth-order valence-electron chi connectivity index (χ4n) is 1.40. The van der Waals surface area contributed by atoms with Gasteiger partial charge in [-0.2, -0.15) is 4.98 Å². The van der Waals surface area contributed by atoms with Crippen LogP contribution in [-0.2, 0) is 15.6 Å². The van der Waals surface area contributed by atoms with Crippen LogP contribution in [0.3, 0.4) is 0 Å². The molecular weight excluding hydrogens is 260 g/mol. The van der Waals surface area contributed by atoms with Crippen molar-refractivity contribution in [1.29, 1.82) is 0 Å². The van der Waals surface area contributed by atoms with E-state index in [1.54, 1.807) is 0 Å². The Kier molecular flexibility index (Phi) is 2.95. The number of phenolic OH excluding ortho intramolecular Hbond substituents is 2. The molecule has 0 aliphatic rings. The largest absolute Gasteiger partial charge is 0.507 e. The highest BCUT2D eigenvalue weighted by molar-refractivity contribution is 7.89. The Bertz CT molecular complexity index is 657. The van der Waals surface area contributed by atoms with E-state index in [2.05, 4.69) is 10.1 Å². The predicted molar refractivity (Wildman–Crippen MR) is 61.6 cm³/mol. The molecule has 0 fully saturated rings. The standard InChI is InChI=1S/C10H10N2O5S/c1-18(15,16)5-8-11-10(17-12-8)9-6(13)3-2-4-7(9)14/h2-4,13-14H,5H2,1H3. The van der Waals surface area contributed by atoms with Gasteiger partial charge in [0.2, 0.25) is 0 Å². The first-order valence-electron chi connectivity index (χ1n) is 4.88. The Hall–Kier alpha value is -2.09. The van der Waals surface area contributed by atoms with Gasteiger partial charge in [0, 0.05) is 6.26 Å². The molecule has 0 unspecified atom stereocenters. The second-order valence-electron chi connectivity index (χ2n) is 3.76. The fourth-order valence-corrected chi connectivity index (χ4v) is 1.98. The van der Waals surface area contributed by atoms with E-state index in [1.165, 1.54) is 18.2 Å². The molecule has 7 nitrogen and oxygen atoms in total. The molecule has 0 radical (unpaired) electrons. The van der Waals surface area contributed by atoms with E-state index < -0.39 is 9.84 Å². The van der Waals surface area contributed by atoms with Crippen LogP contribution in [0.5, 0.6) is 11.5 Å². The van der Waals surface area contributed by atoms with Crippen LogP contribution >= 0.6 is 0 Å². The first kappa shape index (κ1) is 12.4. The molecule has 96 valence electrons. The van der Waals surface area contributed by atoms with Gasteiger partial charge in [-0.15, -0.1) is 0 Å². The van der Waals surface area contributed by atoms with Crippen molar-refractivity contribution in [2.75, 3.05) is 6.26 Å². The van der Waals surface area contributed by atoms with Crippen molar-refractivity contribution < 1.29 is 23.2 Å². The molecule has 0 bridgehead atoms. The summed E-state index contributed by atoms with van der Waals surface area (Å²) in [4.78, 5) is 3.81. The summed E-state index contributed by atoms with van der Waals surface area (Å²) in [6.45, 7) is 0. The number of phenols is 2. The van der Waals surface area contributed by atoms with Crippen molar-refractivity contribution in [1.82, 2.24) is 10.1 Å². The summed E-state index contributed by atoms with van der Waals surface area (Å²) in [6.07, 6.45) is 1.04.